The van der Waals surface area contributed by atoms with Crippen LogP contribution in [0.4, 0.5) is 11.4 Å². The van der Waals surface area contributed by atoms with Crippen LogP contribution in [-0.4, -0.2) is 43.7 Å². The number of nitrogens with one attached hydrogen (secondary N) is 1. The van der Waals surface area contributed by atoms with E-state index in [1.54, 1.807) is 30.3 Å². The predicted molar refractivity (Wildman–Crippen MR) is 120 cm³/mol. The molecule has 1 saturated heterocycles. The number of rotatable bonds is 4. The number of halogens is 1. The average Bonchev–Trinajstić information content (AvgIpc) is 3.37. The topological polar surface area (TPSA) is 86.8 Å². The summed E-state index contributed by atoms with van der Waals surface area (Å²) in [4.78, 5) is 27.1. The van der Waals surface area contributed by atoms with Gasteiger partial charge in [0.25, 0.3) is 0 Å². The highest BCUT2D eigenvalue weighted by Gasteiger charge is 2.38. The second kappa shape index (κ2) is 8.26. The third-order valence-corrected chi connectivity index (χ3v) is 7.96. The van der Waals surface area contributed by atoms with Gasteiger partial charge in [0.2, 0.25) is 21.8 Å². The van der Waals surface area contributed by atoms with E-state index >= 15 is 0 Å². The number of carbonyl (C=O) groups excluding carboxylic acids is 2. The van der Waals surface area contributed by atoms with Crippen molar-refractivity contribution in [2.75, 3.05) is 23.3 Å². The number of hydrogen-bond donors (Lipinski definition) is 1. The zero-order valence-electron chi connectivity index (χ0n) is 17.4. The first-order valence-electron chi connectivity index (χ1n) is 10.2. The van der Waals surface area contributed by atoms with E-state index in [2.05, 4.69) is 5.32 Å². The van der Waals surface area contributed by atoms with E-state index in [0.717, 1.165) is 18.4 Å². The Labute approximate surface area is 187 Å². The van der Waals surface area contributed by atoms with Crippen LogP contribution in [-0.2, 0) is 26.0 Å². The molecule has 1 fully saturated rings. The number of anilines is 2. The van der Waals surface area contributed by atoms with Crippen molar-refractivity contribution in [3.63, 3.8) is 0 Å². The summed E-state index contributed by atoms with van der Waals surface area (Å²) in [5, 5.41) is 3.44. The lowest BCUT2D eigenvalue weighted by molar-refractivity contribution is -0.122. The fourth-order valence-electron chi connectivity index (χ4n) is 4.25. The Bertz CT molecular complexity index is 1160. The van der Waals surface area contributed by atoms with Gasteiger partial charge in [-0.3, -0.25) is 14.5 Å². The molecule has 2 aromatic rings. The van der Waals surface area contributed by atoms with Gasteiger partial charge in [-0.15, -0.1) is 0 Å². The van der Waals surface area contributed by atoms with Crippen LogP contribution in [0.25, 0.3) is 0 Å². The van der Waals surface area contributed by atoms with Crippen molar-refractivity contribution in [1.82, 2.24) is 4.31 Å². The molecule has 1 N–H and O–H groups in total. The molecule has 2 amide bonds. The molecular weight excluding hydrogens is 438 g/mol. The van der Waals surface area contributed by atoms with Crippen molar-refractivity contribution < 1.29 is 18.0 Å². The molecule has 2 aromatic carbocycles. The van der Waals surface area contributed by atoms with Gasteiger partial charge >= 0.3 is 0 Å². The second-order valence-corrected chi connectivity index (χ2v) is 10.3. The Morgan fingerprint density at radius 2 is 1.81 bits per heavy atom. The van der Waals surface area contributed by atoms with Crippen LogP contribution in [0.1, 0.15) is 30.9 Å². The smallest absolute Gasteiger partial charge is 0.247 e. The standard InChI is InChI=1S/C22H24ClN3O4S/c1-14-11-17(23)5-7-19(14)24-22(28)21-13-16-12-18(6-8-20(16)26(21)15(2)27)31(29,30)25-9-3-4-10-25/h5-8,11-12,21H,3-4,9-10,13H2,1-2H3,(H,24,28)/t21-/m1/s1. The van der Waals surface area contributed by atoms with Gasteiger partial charge in [0.15, 0.2) is 0 Å². The average molecular weight is 462 g/mol. The van der Waals surface area contributed by atoms with Crippen LogP contribution >= 0.6 is 11.6 Å². The molecule has 2 heterocycles. The Kier molecular flexibility index (Phi) is 5.81. The number of aryl methyl sites for hydroxylation is 1. The first-order valence-corrected chi connectivity index (χ1v) is 12.0. The van der Waals surface area contributed by atoms with Crippen molar-refractivity contribution in [3.8, 4) is 0 Å². The Morgan fingerprint density at radius 3 is 2.45 bits per heavy atom. The number of sulfonamides is 1. The molecule has 7 nitrogen and oxygen atoms in total. The van der Waals surface area contributed by atoms with E-state index in [0.29, 0.717) is 35.1 Å². The first-order chi connectivity index (χ1) is 14.7. The number of benzene rings is 2. The molecule has 164 valence electrons. The summed E-state index contributed by atoms with van der Waals surface area (Å²) in [7, 11) is -3.58. The monoisotopic (exact) mass is 461 g/mol. The quantitative estimate of drug-likeness (QED) is 0.756. The highest BCUT2D eigenvalue weighted by Crippen LogP contribution is 2.36. The molecule has 0 saturated carbocycles. The van der Waals surface area contributed by atoms with Gasteiger partial charge in [-0.05, 0) is 67.3 Å². The third kappa shape index (κ3) is 4.07. The second-order valence-electron chi connectivity index (χ2n) is 7.96. The molecular formula is C22H24ClN3O4S. The molecule has 0 radical (unpaired) electrons. The van der Waals surface area contributed by atoms with Crippen molar-refractivity contribution in [1.29, 1.82) is 0 Å². The lowest BCUT2D eigenvalue weighted by Gasteiger charge is -2.24. The predicted octanol–water partition coefficient (Wildman–Crippen LogP) is 3.35. The van der Waals surface area contributed by atoms with Gasteiger partial charge in [-0.25, -0.2) is 8.42 Å². The molecule has 0 unspecified atom stereocenters. The molecule has 1 atom stereocenters. The number of fused-ring (bicyclic) bond motifs is 1. The third-order valence-electron chi connectivity index (χ3n) is 5.83. The molecule has 0 aliphatic carbocycles. The van der Waals surface area contributed by atoms with Gasteiger partial charge in [-0.1, -0.05) is 11.6 Å². The molecule has 0 aromatic heterocycles. The van der Waals surface area contributed by atoms with Crippen LogP contribution < -0.4 is 10.2 Å². The van der Waals surface area contributed by atoms with Crippen LogP contribution in [0.2, 0.25) is 5.02 Å². The number of carbonyl (C=O) groups is 2. The number of amides is 2. The minimum absolute atomic E-state index is 0.200. The summed E-state index contributed by atoms with van der Waals surface area (Å²) in [6.45, 7) is 4.27. The summed E-state index contributed by atoms with van der Waals surface area (Å²) in [6.07, 6.45) is 1.96. The molecule has 0 bridgehead atoms. The van der Waals surface area contributed by atoms with Gasteiger partial charge in [-0.2, -0.15) is 4.31 Å². The largest absolute Gasteiger partial charge is 0.324 e. The van der Waals surface area contributed by atoms with Crippen LogP contribution in [0, 0.1) is 6.92 Å². The van der Waals surface area contributed by atoms with Crippen LogP contribution in [0.5, 0.6) is 0 Å². The summed E-state index contributed by atoms with van der Waals surface area (Å²) < 4.78 is 27.3. The summed E-state index contributed by atoms with van der Waals surface area (Å²) in [5.41, 5.74) is 2.67. The van der Waals surface area contributed by atoms with E-state index in [4.69, 9.17) is 11.6 Å². The lowest BCUT2D eigenvalue weighted by Crippen LogP contribution is -2.44. The summed E-state index contributed by atoms with van der Waals surface area (Å²) >= 11 is 5.99. The zero-order valence-corrected chi connectivity index (χ0v) is 19.0. The van der Waals surface area contributed by atoms with Gasteiger partial charge in [0.1, 0.15) is 6.04 Å². The Morgan fingerprint density at radius 1 is 1.10 bits per heavy atom. The van der Waals surface area contributed by atoms with E-state index in [1.807, 2.05) is 6.92 Å². The minimum atomic E-state index is -3.58. The van der Waals surface area contributed by atoms with Crippen LogP contribution in [0.15, 0.2) is 41.3 Å². The van der Waals surface area contributed by atoms with E-state index in [1.165, 1.54) is 22.2 Å². The maximum atomic E-state index is 13.1. The number of nitrogens with zero attached hydrogens (tertiary/aromatic N) is 2. The Balaban J connectivity index is 1.62. The molecule has 2 aliphatic heterocycles. The summed E-state index contributed by atoms with van der Waals surface area (Å²) in [5.74, 6) is -0.609. The first kappa shape index (κ1) is 21.8. The SMILES string of the molecule is CC(=O)N1c2ccc(S(=O)(=O)N3CCCC3)cc2C[C@@H]1C(=O)Nc1ccc(Cl)cc1C. The zero-order chi connectivity index (χ0) is 22.3. The maximum absolute atomic E-state index is 13.1. The minimum Gasteiger partial charge on any atom is -0.324 e. The fourth-order valence-corrected chi connectivity index (χ4v) is 6.04. The van der Waals surface area contributed by atoms with E-state index in [9.17, 15) is 18.0 Å². The highest BCUT2D eigenvalue weighted by atomic mass is 35.5. The Hall–Kier alpha value is -2.42. The molecule has 2 aliphatic rings. The highest BCUT2D eigenvalue weighted by molar-refractivity contribution is 7.89. The van der Waals surface area contributed by atoms with Crippen molar-refractivity contribution in [2.45, 2.75) is 44.0 Å². The van der Waals surface area contributed by atoms with E-state index < -0.39 is 16.1 Å². The fraction of sp³-hybridized carbons (Fsp3) is 0.364. The maximum Gasteiger partial charge on any atom is 0.247 e. The van der Waals surface area contributed by atoms with Crippen molar-refractivity contribution in [3.05, 3.63) is 52.5 Å². The van der Waals surface area contributed by atoms with Gasteiger partial charge < -0.3 is 5.32 Å². The molecule has 0 spiro atoms. The lowest BCUT2D eigenvalue weighted by atomic mass is 10.1. The van der Waals surface area contributed by atoms with Crippen LogP contribution in [0.3, 0.4) is 0 Å². The normalized spacial score (nSPS) is 18.8. The van der Waals surface area contributed by atoms with Crippen molar-refractivity contribution in [2.24, 2.45) is 0 Å². The number of hydrogen-bond acceptors (Lipinski definition) is 4. The van der Waals surface area contributed by atoms with Gasteiger partial charge in [0, 0.05) is 42.8 Å². The molecule has 31 heavy (non-hydrogen) atoms. The molecule has 4 rings (SSSR count). The van der Waals surface area contributed by atoms with Crippen molar-refractivity contribution >= 4 is 44.8 Å². The summed E-state index contributed by atoms with van der Waals surface area (Å²) in [6, 6.07) is 9.14. The molecule has 9 heteroatoms. The van der Waals surface area contributed by atoms with E-state index in [-0.39, 0.29) is 23.1 Å². The van der Waals surface area contributed by atoms with Gasteiger partial charge in [0.05, 0.1) is 4.90 Å².